The maximum atomic E-state index is 5.80. The molecule has 17 heavy (non-hydrogen) atoms. The highest BCUT2D eigenvalue weighted by atomic mass is 35.5. The van der Waals surface area contributed by atoms with Crippen LogP contribution in [0.1, 0.15) is 10.7 Å². The first-order chi connectivity index (χ1) is 8.15. The van der Waals surface area contributed by atoms with E-state index in [0.29, 0.717) is 16.7 Å². The average molecular weight is 269 g/mol. The number of aryl methyl sites for hydroxylation is 1. The third-order valence-corrected chi connectivity index (χ3v) is 3.43. The second kappa shape index (κ2) is 5.33. The van der Waals surface area contributed by atoms with Crippen LogP contribution in [0.4, 0.5) is 11.5 Å². The molecule has 0 unspecified atom stereocenters. The second-order valence-corrected chi connectivity index (χ2v) is 4.96. The van der Waals surface area contributed by atoms with E-state index in [-0.39, 0.29) is 0 Å². The van der Waals surface area contributed by atoms with Gasteiger partial charge in [0, 0.05) is 24.0 Å². The summed E-state index contributed by atoms with van der Waals surface area (Å²) in [5.41, 5.74) is 7.44. The number of thiazole rings is 1. The molecular weight excluding hydrogens is 256 g/mol. The molecule has 4 nitrogen and oxygen atoms in total. The van der Waals surface area contributed by atoms with Gasteiger partial charge in [0.05, 0.1) is 10.7 Å². The first-order valence-corrected chi connectivity index (χ1v) is 6.48. The smallest absolute Gasteiger partial charge is 0.150 e. The van der Waals surface area contributed by atoms with E-state index in [1.165, 1.54) is 0 Å². The van der Waals surface area contributed by atoms with E-state index in [0.717, 1.165) is 23.7 Å². The van der Waals surface area contributed by atoms with Crippen LogP contribution >= 0.6 is 22.9 Å². The number of pyridine rings is 1. The Bertz CT molecular complexity index is 512. The largest absolute Gasteiger partial charge is 0.396 e. The fraction of sp³-hybridized carbons (Fsp3) is 0.273. The highest BCUT2D eigenvalue weighted by Gasteiger charge is 2.02. The van der Waals surface area contributed by atoms with Gasteiger partial charge in [-0.25, -0.2) is 9.97 Å². The predicted octanol–water partition coefficient (Wildman–Crippen LogP) is 2.74. The summed E-state index contributed by atoms with van der Waals surface area (Å²) < 4.78 is 0. The van der Waals surface area contributed by atoms with Gasteiger partial charge in [0.15, 0.2) is 5.82 Å². The number of anilines is 2. The van der Waals surface area contributed by atoms with Gasteiger partial charge in [-0.3, -0.25) is 0 Å². The van der Waals surface area contributed by atoms with Crippen LogP contribution in [0.3, 0.4) is 0 Å². The summed E-state index contributed by atoms with van der Waals surface area (Å²) in [7, 11) is 0. The molecule has 0 aliphatic carbocycles. The number of aromatic nitrogens is 2. The number of halogens is 1. The lowest BCUT2D eigenvalue weighted by Crippen LogP contribution is -2.08. The Morgan fingerprint density at radius 3 is 2.94 bits per heavy atom. The summed E-state index contributed by atoms with van der Waals surface area (Å²) in [4.78, 5) is 8.50. The maximum absolute atomic E-state index is 5.80. The summed E-state index contributed by atoms with van der Waals surface area (Å²) in [5, 5.41) is 6.74. The maximum Gasteiger partial charge on any atom is 0.150 e. The fourth-order valence-electron chi connectivity index (χ4n) is 1.39. The number of nitrogens with zero attached hydrogens (tertiary/aromatic N) is 2. The topological polar surface area (TPSA) is 63.8 Å². The number of nitrogen functional groups attached to an aromatic ring is 1. The Labute approximate surface area is 109 Å². The first kappa shape index (κ1) is 12.1. The zero-order valence-electron chi connectivity index (χ0n) is 9.40. The molecule has 6 heteroatoms. The van der Waals surface area contributed by atoms with Crippen LogP contribution in [0.5, 0.6) is 0 Å². The van der Waals surface area contributed by atoms with Gasteiger partial charge in [-0.1, -0.05) is 11.6 Å². The van der Waals surface area contributed by atoms with Crippen LogP contribution in [0.25, 0.3) is 0 Å². The Hall–Kier alpha value is -1.33. The van der Waals surface area contributed by atoms with Gasteiger partial charge in [0.2, 0.25) is 0 Å². The van der Waals surface area contributed by atoms with E-state index in [1.54, 1.807) is 23.5 Å². The van der Waals surface area contributed by atoms with E-state index in [9.17, 15) is 0 Å². The van der Waals surface area contributed by atoms with E-state index in [2.05, 4.69) is 15.3 Å². The molecule has 90 valence electrons. The minimum Gasteiger partial charge on any atom is -0.396 e. The van der Waals surface area contributed by atoms with Gasteiger partial charge in [0.1, 0.15) is 5.15 Å². The van der Waals surface area contributed by atoms with Crippen LogP contribution < -0.4 is 11.1 Å². The summed E-state index contributed by atoms with van der Waals surface area (Å²) in [6.07, 6.45) is 0.853. The summed E-state index contributed by atoms with van der Waals surface area (Å²) in [6, 6.07) is 3.41. The van der Waals surface area contributed by atoms with Crippen molar-refractivity contribution in [2.45, 2.75) is 13.3 Å². The van der Waals surface area contributed by atoms with Crippen LogP contribution in [-0.4, -0.2) is 16.5 Å². The van der Waals surface area contributed by atoms with Gasteiger partial charge in [-0.15, -0.1) is 11.3 Å². The molecule has 2 rings (SSSR count). The Kier molecular flexibility index (Phi) is 3.81. The Morgan fingerprint density at radius 2 is 2.24 bits per heavy atom. The van der Waals surface area contributed by atoms with Crippen LogP contribution in [0.2, 0.25) is 5.15 Å². The Balaban J connectivity index is 1.91. The third-order valence-electron chi connectivity index (χ3n) is 2.19. The van der Waals surface area contributed by atoms with Crippen molar-refractivity contribution >= 4 is 34.4 Å². The van der Waals surface area contributed by atoms with Crippen molar-refractivity contribution in [1.82, 2.24) is 9.97 Å². The molecule has 0 atom stereocenters. The fourth-order valence-corrected chi connectivity index (χ4v) is 2.32. The van der Waals surface area contributed by atoms with Gasteiger partial charge in [-0.2, -0.15) is 0 Å². The van der Waals surface area contributed by atoms with Crippen molar-refractivity contribution in [2.24, 2.45) is 0 Å². The van der Waals surface area contributed by atoms with E-state index < -0.39 is 0 Å². The molecule has 0 radical (unpaired) electrons. The van der Waals surface area contributed by atoms with Gasteiger partial charge < -0.3 is 11.1 Å². The number of nitrogens with two attached hydrogens (primary N) is 1. The van der Waals surface area contributed by atoms with Crippen molar-refractivity contribution in [1.29, 1.82) is 0 Å². The van der Waals surface area contributed by atoms with Gasteiger partial charge in [0.25, 0.3) is 0 Å². The molecule has 0 fully saturated rings. The van der Waals surface area contributed by atoms with Crippen molar-refractivity contribution in [3.8, 4) is 0 Å². The summed E-state index contributed by atoms with van der Waals surface area (Å²) in [6.45, 7) is 2.73. The normalized spacial score (nSPS) is 10.5. The average Bonchev–Trinajstić information content (AvgIpc) is 2.69. The van der Waals surface area contributed by atoms with Crippen molar-refractivity contribution in [3.63, 3.8) is 0 Å². The Morgan fingerprint density at radius 1 is 1.41 bits per heavy atom. The first-order valence-electron chi connectivity index (χ1n) is 5.22. The molecular formula is C11H13ClN4S. The van der Waals surface area contributed by atoms with Crippen LogP contribution in [0.15, 0.2) is 17.5 Å². The van der Waals surface area contributed by atoms with Crippen LogP contribution in [0, 0.1) is 6.92 Å². The monoisotopic (exact) mass is 268 g/mol. The predicted molar refractivity (Wildman–Crippen MR) is 72.7 cm³/mol. The number of hydrogen-bond donors (Lipinski definition) is 2. The number of nitrogens with one attached hydrogen (secondary N) is 1. The summed E-state index contributed by atoms with van der Waals surface area (Å²) in [5.74, 6) is 0.630. The van der Waals surface area contributed by atoms with Crippen molar-refractivity contribution < 1.29 is 0 Å². The van der Waals surface area contributed by atoms with Crippen molar-refractivity contribution in [3.05, 3.63) is 33.4 Å². The quantitative estimate of drug-likeness (QED) is 0.837. The van der Waals surface area contributed by atoms with E-state index >= 15 is 0 Å². The highest BCUT2D eigenvalue weighted by Crippen LogP contribution is 2.18. The lowest BCUT2D eigenvalue weighted by Gasteiger charge is -2.07. The lowest BCUT2D eigenvalue weighted by molar-refractivity contribution is 0.978. The lowest BCUT2D eigenvalue weighted by atomic mass is 10.3. The molecule has 0 bridgehead atoms. The molecule has 3 N–H and O–H groups in total. The highest BCUT2D eigenvalue weighted by molar-refractivity contribution is 7.09. The number of rotatable bonds is 4. The standard InChI is InChI=1S/C11H13ClN4S/c1-7-6-17-10(15-7)4-5-14-11-8(13)2-3-9(12)16-11/h2-3,6H,4-5,13H2,1H3,(H,14,16). The molecule has 2 aromatic rings. The molecule has 0 amide bonds. The van der Waals surface area contributed by atoms with Crippen LogP contribution in [-0.2, 0) is 6.42 Å². The van der Waals surface area contributed by atoms with E-state index in [4.69, 9.17) is 17.3 Å². The molecule has 2 heterocycles. The molecule has 0 aliphatic heterocycles. The summed E-state index contributed by atoms with van der Waals surface area (Å²) >= 11 is 7.46. The molecule has 2 aromatic heterocycles. The molecule has 0 spiro atoms. The SMILES string of the molecule is Cc1csc(CCNc2nc(Cl)ccc2N)n1. The molecule has 0 aromatic carbocycles. The zero-order chi connectivity index (χ0) is 12.3. The zero-order valence-corrected chi connectivity index (χ0v) is 11.0. The second-order valence-electron chi connectivity index (χ2n) is 3.63. The molecule has 0 saturated carbocycles. The molecule has 0 aliphatic rings. The number of hydrogen-bond acceptors (Lipinski definition) is 5. The van der Waals surface area contributed by atoms with Gasteiger partial charge >= 0.3 is 0 Å². The van der Waals surface area contributed by atoms with E-state index in [1.807, 2.05) is 12.3 Å². The third kappa shape index (κ3) is 3.31. The molecule has 0 saturated heterocycles. The minimum absolute atomic E-state index is 0.437. The van der Waals surface area contributed by atoms with Crippen molar-refractivity contribution in [2.75, 3.05) is 17.6 Å². The van der Waals surface area contributed by atoms with Gasteiger partial charge in [-0.05, 0) is 19.1 Å². The minimum atomic E-state index is 0.437.